The Bertz CT molecular complexity index is 381. The molecule has 1 rings (SSSR count). The van der Waals surface area contributed by atoms with Crippen LogP contribution in [0.15, 0.2) is 0 Å². The van der Waals surface area contributed by atoms with E-state index >= 15 is 0 Å². The molecule has 0 aromatic rings. The molecule has 0 bridgehead atoms. The Labute approximate surface area is 113 Å². The quantitative estimate of drug-likeness (QED) is 0.777. The highest BCUT2D eigenvalue weighted by molar-refractivity contribution is 5.88. The molecule has 1 aliphatic heterocycles. The Morgan fingerprint density at radius 3 is 2.63 bits per heavy atom. The minimum absolute atomic E-state index is 0.0205. The molecule has 2 N–H and O–H groups in total. The average Bonchev–Trinajstić information content (AvgIpc) is 2.53. The second kappa shape index (κ2) is 6.04. The minimum atomic E-state index is -1.10. The van der Waals surface area contributed by atoms with Gasteiger partial charge in [0.15, 0.2) is 0 Å². The maximum absolute atomic E-state index is 12.2. The van der Waals surface area contributed by atoms with Crippen LogP contribution in [0.5, 0.6) is 0 Å². The van der Waals surface area contributed by atoms with E-state index in [4.69, 9.17) is 0 Å². The number of amides is 2. The van der Waals surface area contributed by atoms with E-state index in [0.29, 0.717) is 19.5 Å². The molecule has 0 spiro atoms. The lowest BCUT2D eigenvalue weighted by Crippen LogP contribution is -2.43. The maximum Gasteiger partial charge on any atom is 0.310 e. The van der Waals surface area contributed by atoms with E-state index in [1.807, 2.05) is 0 Å². The van der Waals surface area contributed by atoms with Crippen LogP contribution in [-0.2, 0) is 14.4 Å². The highest BCUT2D eigenvalue weighted by atomic mass is 16.4. The molecule has 0 saturated carbocycles. The van der Waals surface area contributed by atoms with Crippen molar-refractivity contribution < 1.29 is 19.5 Å². The maximum atomic E-state index is 12.2. The second-order valence-corrected chi connectivity index (χ2v) is 5.57. The first-order chi connectivity index (χ1) is 8.77. The van der Waals surface area contributed by atoms with Gasteiger partial charge in [0.2, 0.25) is 11.8 Å². The lowest BCUT2D eigenvalue weighted by atomic mass is 9.76. The molecule has 1 atom stereocenters. The molecule has 2 amide bonds. The predicted molar refractivity (Wildman–Crippen MR) is 69.4 cm³/mol. The number of carboxylic acids is 1. The van der Waals surface area contributed by atoms with Crippen molar-refractivity contribution in [3.63, 3.8) is 0 Å². The van der Waals surface area contributed by atoms with Gasteiger partial charge in [-0.1, -0.05) is 13.8 Å². The van der Waals surface area contributed by atoms with Crippen LogP contribution in [0.3, 0.4) is 0 Å². The standard InChI is InChI=1S/C13H22N2O4/c1-9(2)13(3,12(18)19)7-11(17)15-6-4-5-14-10(16)8-15/h9H,4-8H2,1-3H3,(H,14,16)(H,18,19). The third-order valence-corrected chi connectivity index (χ3v) is 3.90. The molecule has 1 fully saturated rings. The van der Waals surface area contributed by atoms with Crippen molar-refractivity contribution >= 4 is 17.8 Å². The van der Waals surface area contributed by atoms with Crippen LogP contribution in [0.2, 0.25) is 0 Å². The summed E-state index contributed by atoms with van der Waals surface area (Å²) < 4.78 is 0. The summed E-state index contributed by atoms with van der Waals surface area (Å²) in [6.07, 6.45) is 0.621. The number of carbonyl (C=O) groups excluding carboxylic acids is 2. The molecule has 6 heteroatoms. The van der Waals surface area contributed by atoms with Gasteiger partial charge in [-0.15, -0.1) is 0 Å². The fourth-order valence-electron chi connectivity index (χ4n) is 1.97. The summed E-state index contributed by atoms with van der Waals surface area (Å²) in [6.45, 7) is 6.23. The van der Waals surface area contributed by atoms with Gasteiger partial charge >= 0.3 is 5.97 Å². The van der Waals surface area contributed by atoms with Gasteiger partial charge in [0, 0.05) is 19.5 Å². The fourth-order valence-corrected chi connectivity index (χ4v) is 1.97. The predicted octanol–water partition coefficient (Wildman–Crippen LogP) is 0.472. The van der Waals surface area contributed by atoms with Gasteiger partial charge < -0.3 is 15.3 Å². The van der Waals surface area contributed by atoms with Crippen molar-refractivity contribution in [2.75, 3.05) is 19.6 Å². The van der Waals surface area contributed by atoms with Gasteiger partial charge in [-0.25, -0.2) is 0 Å². The van der Waals surface area contributed by atoms with Crippen LogP contribution < -0.4 is 5.32 Å². The van der Waals surface area contributed by atoms with E-state index in [1.54, 1.807) is 20.8 Å². The summed E-state index contributed by atoms with van der Waals surface area (Å²) in [5, 5.41) is 12.0. The fraction of sp³-hybridized carbons (Fsp3) is 0.769. The number of hydrogen-bond acceptors (Lipinski definition) is 3. The summed E-state index contributed by atoms with van der Waals surface area (Å²) in [5.41, 5.74) is -1.10. The van der Waals surface area contributed by atoms with Crippen molar-refractivity contribution in [2.24, 2.45) is 11.3 Å². The third kappa shape index (κ3) is 3.68. The number of nitrogens with one attached hydrogen (secondary N) is 1. The molecule has 1 saturated heterocycles. The van der Waals surface area contributed by atoms with Gasteiger partial charge in [-0.05, 0) is 19.3 Å². The van der Waals surface area contributed by atoms with E-state index in [1.165, 1.54) is 4.90 Å². The molecule has 0 aromatic carbocycles. The number of carboxylic acid groups (broad SMARTS) is 1. The molecule has 19 heavy (non-hydrogen) atoms. The van der Waals surface area contributed by atoms with Crippen molar-refractivity contribution in [1.29, 1.82) is 0 Å². The highest BCUT2D eigenvalue weighted by Gasteiger charge is 2.40. The Hall–Kier alpha value is -1.59. The smallest absolute Gasteiger partial charge is 0.310 e. The summed E-state index contributed by atoms with van der Waals surface area (Å²) in [6, 6.07) is 0. The number of rotatable bonds is 4. The summed E-state index contributed by atoms with van der Waals surface area (Å²) in [4.78, 5) is 36.4. The lowest BCUT2D eigenvalue weighted by Gasteiger charge is -2.30. The molecule has 0 aromatic heterocycles. The first kappa shape index (κ1) is 15.5. The molecule has 1 aliphatic rings. The monoisotopic (exact) mass is 270 g/mol. The van der Waals surface area contributed by atoms with E-state index in [-0.39, 0.29) is 30.7 Å². The zero-order valence-corrected chi connectivity index (χ0v) is 11.7. The number of aliphatic carboxylic acids is 1. The highest BCUT2D eigenvalue weighted by Crippen LogP contribution is 2.32. The zero-order valence-electron chi connectivity index (χ0n) is 11.7. The van der Waals surface area contributed by atoms with Gasteiger partial charge in [0.1, 0.15) is 0 Å². The molecule has 6 nitrogen and oxygen atoms in total. The SMILES string of the molecule is CC(C)C(C)(CC(=O)N1CCCNC(=O)C1)C(=O)O. The molecular formula is C13H22N2O4. The Balaban J connectivity index is 2.76. The first-order valence-corrected chi connectivity index (χ1v) is 6.55. The van der Waals surface area contributed by atoms with Crippen molar-refractivity contribution in [1.82, 2.24) is 10.2 Å². The minimum Gasteiger partial charge on any atom is -0.481 e. The van der Waals surface area contributed by atoms with Crippen LogP contribution in [-0.4, -0.2) is 47.4 Å². The van der Waals surface area contributed by atoms with Crippen LogP contribution in [0.4, 0.5) is 0 Å². The first-order valence-electron chi connectivity index (χ1n) is 6.55. The molecule has 0 aliphatic carbocycles. The Morgan fingerprint density at radius 1 is 1.47 bits per heavy atom. The third-order valence-electron chi connectivity index (χ3n) is 3.90. The molecule has 0 radical (unpaired) electrons. The van der Waals surface area contributed by atoms with Gasteiger partial charge in [-0.3, -0.25) is 14.4 Å². The van der Waals surface area contributed by atoms with E-state index in [9.17, 15) is 19.5 Å². The summed E-state index contributed by atoms with van der Waals surface area (Å²) in [5.74, 6) is -1.59. The number of carbonyl (C=O) groups is 3. The molecule has 1 heterocycles. The summed E-state index contributed by atoms with van der Waals surface area (Å²) >= 11 is 0. The number of hydrogen-bond donors (Lipinski definition) is 2. The Kier molecular flexibility index (Phi) is 4.91. The van der Waals surface area contributed by atoms with E-state index in [2.05, 4.69) is 5.32 Å². The van der Waals surface area contributed by atoms with Crippen LogP contribution in [0.1, 0.15) is 33.6 Å². The normalized spacial score (nSPS) is 19.6. The average molecular weight is 270 g/mol. The van der Waals surface area contributed by atoms with Crippen LogP contribution in [0, 0.1) is 11.3 Å². The largest absolute Gasteiger partial charge is 0.481 e. The number of nitrogens with zero attached hydrogens (tertiary/aromatic N) is 1. The molecule has 1 unspecified atom stereocenters. The zero-order chi connectivity index (χ0) is 14.6. The topological polar surface area (TPSA) is 86.7 Å². The molecular weight excluding hydrogens is 248 g/mol. The Morgan fingerprint density at radius 2 is 2.11 bits per heavy atom. The second-order valence-electron chi connectivity index (χ2n) is 5.57. The van der Waals surface area contributed by atoms with Crippen molar-refractivity contribution in [3.05, 3.63) is 0 Å². The lowest BCUT2D eigenvalue weighted by molar-refractivity contribution is -0.155. The van der Waals surface area contributed by atoms with Crippen LogP contribution >= 0.6 is 0 Å². The van der Waals surface area contributed by atoms with Crippen LogP contribution in [0.25, 0.3) is 0 Å². The summed E-state index contributed by atoms with van der Waals surface area (Å²) in [7, 11) is 0. The van der Waals surface area contributed by atoms with Gasteiger partial charge in [0.25, 0.3) is 0 Å². The van der Waals surface area contributed by atoms with Gasteiger partial charge in [-0.2, -0.15) is 0 Å². The van der Waals surface area contributed by atoms with E-state index < -0.39 is 11.4 Å². The molecule has 108 valence electrons. The van der Waals surface area contributed by atoms with Crippen molar-refractivity contribution in [2.45, 2.75) is 33.6 Å². The van der Waals surface area contributed by atoms with Crippen molar-refractivity contribution in [3.8, 4) is 0 Å². The van der Waals surface area contributed by atoms with E-state index in [0.717, 1.165) is 0 Å². The van der Waals surface area contributed by atoms with Gasteiger partial charge in [0.05, 0.1) is 12.0 Å².